The summed E-state index contributed by atoms with van der Waals surface area (Å²) in [6, 6.07) is 11.5. The van der Waals surface area contributed by atoms with Gasteiger partial charge in [-0.15, -0.1) is 0 Å². The normalized spacial score (nSPS) is 13.8. The van der Waals surface area contributed by atoms with E-state index in [4.69, 9.17) is 52.1 Å². The van der Waals surface area contributed by atoms with E-state index in [-0.39, 0.29) is 45.7 Å². The van der Waals surface area contributed by atoms with E-state index in [9.17, 15) is 19.2 Å². The van der Waals surface area contributed by atoms with Crippen molar-refractivity contribution in [1.82, 2.24) is 28.2 Å². The van der Waals surface area contributed by atoms with Crippen molar-refractivity contribution in [3.8, 4) is 0 Å². The molecule has 0 saturated heterocycles. The Morgan fingerprint density at radius 3 is 1.85 bits per heavy atom. The Bertz CT molecular complexity index is 2570. The topological polar surface area (TPSA) is 157 Å². The molecular weight excluding hydrogens is 766 g/mol. The van der Waals surface area contributed by atoms with Crippen LogP contribution in [0.1, 0.15) is 16.7 Å². The number of hydrogen-bond acceptors (Lipinski definition) is 10. The largest absolute Gasteiger partial charge is 0.380 e. The van der Waals surface area contributed by atoms with Crippen LogP contribution in [0.5, 0.6) is 0 Å². The summed E-state index contributed by atoms with van der Waals surface area (Å²) in [5.74, 6) is 1.07. The summed E-state index contributed by atoms with van der Waals surface area (Å²) < 4.78 is 4.66. The molecule has 3 aromatic heterocycles. The van der Waals surface area contributed by atoms with Gasteiger partial charge in [-0.25, -0.2) is 14.6 Å². The first kappa shape index (κ1) is 38.0. The minimum atomic E-state index is -1.66. The molecule has 0 unspecified atom stereocenters. The predicted molar refractivity (Wildman–Crippen MR) is 212 cm³/mol. The zero-order chi connectivity index (χ0) is 38.8. The first-order chi connectivity index (χ1) is 25.0. The Morgan fingerprint density at radius 1 is 0.792 bits per heavy atom. The molecule has 278 valence electrons. The summed E-state index contributed by atoms with van der Waals surface area (Å²) in [5.41, 5.74) is 4.41. The van der Waals surface area contributed by atoms with Gasteiger partial charge in [0.25, 0.3) is 11.1 Å². The molecule has 0 fully saturated rings. The third-order valence-electron chi connectivity index (χ3n) is 9.64. The van der Waals surface area contributed by atoms with Crippen molar-refractivity contribution in [2.75, 3.05) is 49.9 Å². The van der Waals surface area contributed by atoms with E-state index in [0.717, 1.165) is 9.13 Å². The number of nitrogens with zero attached hydrogens (tertiary/aromatic N) is 7. The fraction of sp³-hybridized carbons (Fsp3) is 0.286. The number of aryl methyl sites for hydroxylation is 1. The lowest BCUT2D eigenvalue weighted by Gasteiger charge is -2.49. The van der Waals surface area contributed by atoms with E-state index in [0.29, 0.717) is 44.1 Å². The number of aromatic nitrogens is 5. The first-order valence-electron chi connectivity index (χ1n) is 16.1. The monoisotopic (exact) mass is 800 g/mol. The standard InChI is InChI=1S/C35H36Cl4N10O4/c1-41-25-14-24(26-28(43-25)45(4)33(52)47(6)31(26)50)42-15-21-29(44(2)3)49(16-40)30-27(32(51)48(7)34(53)46(30)5)35(21,19-10-8-17(36)12-22(19)38)20-11-9-18(37)13-23(20)39/h8-14H,15-16,40H2,1-7H3,(H2,41,42,43). The lowest BCUT2D eigenvalue weighted by molar-refractivity contribution is 0.447. The fourth-order valence-electron chi connectivity index (χ4n) is 7.29. The number of rotatable bonds is 8. The number of halogens is 4. The molecule has 0 amide bonds. The van der Waals surface area contributed by atoms with E-state index in [1.165, 1.54) is 30.3 Å². The van der Waals surface area contributed by atoms with E-state index in [1.807, 2.05) is 4.90 Å². The molecule has 0 spiro atoms. The molecule has 1 aliphatic rings. The Balaban J connectivity index is 1.84. The molecule has 5 aromatic rings. The summed E-state index contributed by atoms with van der Waals surface area (Å²) in [4.78, 5) is 63.2. The second-order valence-corrected chi connectivity index (χ2v) is 14.5. The van der Waals surface area contributed by atoms with Gasteiger partial charge in [-0.3, -0.25) is 27.9 Å². The molecule has 6 rings (SSSR count). The smallest absolute Gasteiger partial charge is 0.332 e. The molecular formula is C35H36Cl4N10O4. The molecule has 4 N–H and O–H groups in total. The van der Waals surface area contributed by atoms with Crippen molar-refractivity contribution >= 4 is 74.8 Å². The molecule has 53 heavy (non-hydrogen) atoms. The number of hydrogen-bond donors (Lipinski definition) is 3. The minimum absolute atomic E-state index is 0.0817. The Kier molecular flexibility index (Phi) is 9.98. The Labute approximate surface area is 323 Å². The van der Waals surface area contributed by atoms with Gasteiger partial charge in [0.05, 0.1) is 23.3 Å². The highest BCUT2D eigenvalue weighted by Crippen LogP contribution is 2.55. The average Bonchev–Trinajstić information content (AvgIpc) is 3.12. The highest BCUT2D eigenvalue weighted by atomic mass is 35.5. The van der Waals surface area contributed by atoms with Crippen LogP contribution in [0, 0.1) is 0 Å². The quantitative estimate of drug-likeness (QED) is 0.212. The maximum atomic E-state index is 14.9. The van der Waals surface area contributed by atoms with Crippen LogP contribution in [-0.2, 0) is 33.6 Å². The maximum Gasteiger partial charge on any atom is 0.332 e. The number of fused-ring (bicyclic) bond motifs is 2. The van der Waals surface area contributed by atoms with Crippen LogP contribution < -0.4 is 43.8 Å². The van der Waals surface area contributed by atoms with Gasteiger partial charge in [0.2, 0.25) is 0 Å². The van der Waals surface area contributed by atoms with Crippen LogP contribution >= 0.6 is 46.4 Å². The third-order valence-corrected chi connectivity index (χ3v) is 10.7. The van der Waals surface area contributed by atoms with Crippen LogP contribution in [0.2, 0.25) is 20.1 Å². The van der Waals surface area contributed by atoms with Gasteiger partial charge < -0.3 is 26.2 Å². The van der Waals surface area contributed by atoms with Crippen LogP contribution in [0.4, 0.5) is 17.3 Å². The van der Waals surface area contributed by atoms with E-state index < -0.39 is 27.9 Å². The van der Waals surface area contributed by atoms with Crippen LogP contribution in [-0.4, -0.2) is 62.5 Å². The molecule has 0 saturated carbocycles. The van der Waals surface area contributed by atoms with Gasteiger partial charge in [-0.2, -0.15) is 0 Å². The minimum Gasteiger partial charge on any atom is -0.380 e. The summed E-state index contributed by atoms with van der Waals surface area (Å²) in [6.07, 6.45) is 0. The number of anilines is 3. The van der Waals surface area contributed by atoms with Gasteiger partial charge in [-0.05, 0) is 35.4 Å². The van der Waals surface area contributed by atoms with Crippen molar-refractivity contribution in [2.24, 2.45) is 33.9 Å². The molecule has 1 aliphatic heterocycles. The molecule has 0 radical (unpaired) electrons. The zero-order valence-corrected chi connectivity index (χ0v) is 32.8. The average molecular weight is 803 g/mol. The van der Waals surface area contributed by atoms with Gasteiger partial charge >= 0.3 is 11.4 Å². The van der Waals surface area contributed by atoms with Gasteiger partial charge in [0.15, 0.2) is 5.65 Å². The van der Waals surface area contributed by atoms with Crippen LogP contribution in [0.15, 0.2) is 73.0 Å². The SMILES string of the molecule is CNc1cc(NCC2=C(N(C)C)N(CN)c3c(c(=O)n(C)c(=O)n3C)C2(c2ccc(Cl)cc2Cl)c2ccc(Cl)cc2Cl)c2c(=O)n(C)c(=O)n(C)c2n1. The lowest BCUT2D eigenvalue weighted by atomic mass is 9.63. The number of nitrogens with two attached hydrogens (primary N) is 1. The Hall–Kier alpha value is -4.73. The zero-order valence-electron chi connectivity index (χ0n) is 29.8. The van der Waals surface area contributed by atoms with E-state index in [1.54, 1.807) is 75.6 Å². The maximum absolute atomic E-state index is 14.9. The second kappa shape index (κ2) is 13.9. The highest BCUT2D eigenvalue weighted by Gasteiger charge is 2.53. The fourth-order valence-corrected chi connectivity index (χ4v) is 8.39. The molecule has 0 bridgehead atoms. The molecule has 4 heterocycles. The first-order valence-corrected chi connectivity index (χ1v) is 17.7. The highest BCUT2D eigenvalue weighted by molar-refractivity contribution is 6.36. The van der Waals surface area contributed by atoms with Crippen molar-refractivity contribution in [2.45, 2.75) is 5.41 Å². The van der Waals surface area contributed by atoms with E-state index >= 15 is 0 Å². The number of nitrogens with one attached hydrogen (secondary N) is 2. The van der Waals surface area contributed by atoms with Crippen LogP contribution in [0.3, 0.4) is 0 Å². The molecule has 18 heteroatoms. The summed E-state index contributed by atoms with van der Waals surface area (Å²) in [6.45, 7) is -0.240. The molecule has 14 nitrogen and oxygen atoms in total. The van der Waals surface area contributed by atoms with Crippen molar-refractivity contribution in [3.05, 3.63) is 132 Å². The van der Waals surface area contributed by atoms with Crippen molar-refractivity contribution in [3.63, 3.8) is 0 Å². The second-order valence-electron chi connectivity index (χ2n) is 12.8. The van der Waals surface area contributed by atoms with Crippen molar-refractivity contribution in [1.29, 1.82) is 0 Å². The molecule has 2 aromatic carbocycles. The Morgan fingerprint density at radius 2 is 1.34 bits per heavy atom. The summed E-state index contributed by atoms with van der Waals surface area (Å²) >= 11 is 27.3. The summed E-state index contributed by atoms with van der Waals surface area (Å²) in [5, 5.41) is 7.65. The van der Waals surface area contributed by atoms with Gasteiger partial charge in [0, 0.05) is 87.6 Å². The number of pyridine rings is 1. The summed E-state index contributed by atoms with van der Waals surface area (Å²) in [7, 11) is 11.1. The van der Waals surface area contributed by atoms with Gasteiger partial charge in [0.1, 0.15) is 22.8 Å². The van der Waals surface area contributed by atoms with Gasteiger partial charge in [-0.1, -0.05) is 58.5 Å². The van der Waals surface area contributed by atoms with Crippen LogP contribution in [0.25, 0.3) is 11.0 Å². The van der Waals surface area contributed by atoms with Crippen molar-refractivity contribution < 1.29 is 0 Å². The lowest BCUT2D eigenvalue weighted by Crippen LogP contribution is -2.55. The predicted octanol–water partition coefficient (Wildman–Crippen LogP) is 3.64. The molecule has 0 aliphatic carbocycles. The third kappa shape index (κ3) is 5.71. The van der Waals surface area contributed by atoms with E-state index in [2.05, 4.69) is 15.6 Å². The molecule has 0 atom stereocenters. The number of benzene rings is 2.